The van der Waals surface area contributed by atoms with Gasteiger partial charge in [0.25, 0.3) is 0 Å². The quantitative estimate of drug-likeness (QED) is 0.851. The van der Waals surface area contributed by atoms with Gasteiger partial charge in [-0.05, 0) is 17.5 Å². The van der Waals surface area contributed by atoms with Crippen molar-refractivity contribution in [2.24, 2.45) is 0 Å². The van der Waals surface area contributed by atoms with Crippen molar-refractivity contribution in [3.8, 4) is 0 Å². The van der Waals surface area contributed by atoms with E-state index >= 15 is 0 Å². The molecule has 0 spiro atoms. The van der Waals surface area contributed by atoms with Crippen LogP contribution in [0.25, 0.3) is 0 Å². The minimum Gasteiger partial charge on any atom is -0.337 e. The molecule has 1 atom stereocenters. The van der Waals surface area contributed by atoms with Gasteiger partial charge in [-0.3, -0.25) is 9.89 Å². The van der Waals surface area contributed by atoms with Gasteiger partial charge < -0.3 is 10.2 Å². The van der Waals surface area contributed by atoms with Gasteiger partial charge in [0.05, 0.1) is 12.6 Å². The SMILES string of the molecule is CN(Cc1ncn[nH]1)C(=O)[C@H]1Cc2ccccc2CN1. The molecule has 1 amide bonds. The molecule has 0 fully saturated rings. The summed E-state index contributed by atoms with van der Waals surface area (Å²) in [5.41, 5.74) is 2.52. The van der Waals surface area contributed by atoms with E-state index in [0.717, 1.165) is 13.0 Å². The Kier molecular flexibility index (Phi) is 3.47. The molecule has 0 unspecified atom stereocenters. The van der Waals surface area contributed by atoms with Gasteiger partial charge >= 0.3 is 0 Å². The predicted octanol–water partition coefficient (Wildman–Crippen LogP) is 0.478. The smallest absolute Gasteiger partial charge is 0.240 e. The summed E-state index contributed by atoms with van der Waals surface area (Å²) in [5, 5.41) is 9.85. The minimum atomic E-state index is -0.169. The second-order valence-corrected chi connectivity index (χ2v) is 5.03. The number of nitrogens with zero attached hydrogens (tertiary/aromatic N) is 3. The fourth-order valence-electron chi connectivity index (χ4n) is 2.50. The maximum atomic E-state index is 12.4. The highest BCUT2D eigenvalue weighted by atomic mass is 16.2. The van der Waals surface area contributed by atoms with E-state index in [1.165, 1.54) is 17.5 Å². The van der Waals surface area contributed by atoms with E-state index < -0.39 is 0 Å². The van der Waals surface area contributed by atoms with Crippen molar-refractivity contribution in [3.63, 3.8) is 0 Å². The molecule has 0 radical (unpaired) electrons. The molecular weight excluding hydrogens is 254 g/mol. The van der Waals surface area contributed by atoms with Crippen molar-refractivity contribution in [1.29, 1.82) is 0 Å². The van der Waals surface area contributed by atoms with Crippen LogP contribution in [0.4, 0.5) is 0 Å². The van der Waals surface area contributed by atoms with Crippen molar-refractivity contribution in [2.45, 2.75) is 25.6 Å². The molecule has 0 aliphatic carbocycles. The predicted molar refractivity (Wildman–Crippen MR) is 73.6 cm³/mol. The molecule has 0 saturated heterocycles. The molecule has 1 aliphatic heterocycles. The average Bonchev–Trinajstić information content (AvgIpc) is 2.99. The number of hydrogen-bond donors (Lipinski definition) is 2. The summed E-state index contributed by atoms with van der Waals surface area (Å²) in [6.07, 6.45) is 2.18. The number of aromatic amines is 1. The summed E-state index contributed by atoms with van der Waals surface area (Å²) in [6.45, 7) is 1.18. The molecule has 3 rings (SSSR count). The molecule has 2 heterocycles. The Labute approximate surface area is 117 Å². The highest BCUT2D eigenvalue weighted by Crippen LogP contribution is 2.17. The third-order valence-corrected chi connectivity index (χ3v) is 3.61. The van der Waals surface area contributed by atoms with E-state index in [0.29, 0.717) is 12.4 Å². The largest absolute Gasteiger partial charge is 0.337 e. The molecule has 1 aromatic carbocycles. The number of aromatic nitrogens is 3. The Morgan fingerprint density at radius 2 is 2.20 bits per heavy atom. The third-order valence-electron chi connectivity index (χ3n) is 3.61. The fourth-order valence-corrected chi connectivity index (χ4v) is 2.50. The van der Waals surface area contributed by atoms with Crippen LogP contribution in [0.1, 0.15) is 17.0 Å². The Morgan fingerprint density at radius 3 is 2.95 bits per heavy atom. The zero-order valence-corrected chi connectivity index (χ0v) is 11.3. The molecule has 0 saturated carbocycles. The monoisotopic (exact) mass is 271 g/mol. The van der Waals surface area contributed by atoms with Crippen molar-refractivity contribution < 1.29 is 4.79 Å². The Morgan fingerprint density at radius 1 is 1.40 bits per heavy atom. The molecule has 2 aromatic rings. The average molecular weight is 271 g/mol. The first-order valence-corrected chi connectivity index (χ1v) is 6.63. The van der Waals surface area contributed by atoms with Gasteiger partial charge in [-0.15, -0.1) is 0 Å². The summed E-state index contributed by atoms with van der Waals surface area (Å²) in [7, 11) is 1.78. The summed E-state index contributed by atoms with van der Waals surface area (Å²) >= 11 is 0. The number of H-pyrrole nitrogens is 1. The van der Waals surface area contributed by atoms with Gasteiger partial charge in [0.2, 0.25) is 5.91 Å². The van der Waals surface area contributed by atoms with E-state index in [1.54, 1.807) is 11.9 Å². The summed E-state index contributed by atoms with van der Waals surface area (Å²) in [6, 6.07) is 8.06. The van der Waals surface area contributed by atoms with Crippen LogP contribution in [0, 0.1) is 0 Å². The van der Waals surface area contributed by atoms with Crippen molar-refractivity contribution >= 4 is 5.91 Å². The number of likely N-dealkylation sites (N-methyl/N-ethyl adjacent to an activating group) is 1. The van der Waals surface area contributed by atoms with Gasteiger partial charge in [-0.1, -0.05) is 24.3 Å². The van der Waals surface area contributed by atoms with E-state index in [9.17, 15) is 4.79 Å². The molecule has 2 N–H and O–H groups in total. The maximum absolute atomic E-state index is 12.4. The lowest BCUT2D eigenvalue weighted by Crippen LogP contribution is -2.48. The standard InChI is InChI=1S/C14H17N5O/c1-19(8-13-16-9-17-18-13)14(20)12-6-10-4-2-3-5-11(10)7-15-12/h2-5,9,12,15H,6-8H2,1H3,(H,16,17,18)/t12-/m1/s1. The van der Waals surface area contributed by atoms with Gasteiger partial charge in [-0.25, -0.2) is 4.98 Å². The first-order chi connectivity index (χ1) is 9.74. The van der Waals surface area contributed by atoms with Crippen LogP contribution >= 0.6 is 0 Å². The van der Waals surface area contributed by atoms with E-state index in [-0.39, 0.29) is 11.9 Å². The number of carbonyl (C=O) groups excluding carboxylic acids is 1. The zero-order chi connectivity index (χ0) is 13.9. The topological polar surface area (TPSA) is 73.9 Å². The number of amides is 1. The number of fused-ring (bicyclic) bond motifs is 1. The molecule has 20 heavy (non-hydrogen) atoms. The van der Waals surface area contributed by atoms with E-state index in [2.05, 4.69) is 32.6 Å². The summed E-state index contributed by atoms with van der Waals surface area (Å²) in [5.74, 6) is 0.771. The molecule has 104 valence electrons. The number of nitrogens with one attached hydrogen (secondary N) is 2. The molecule has 0 bridgehead atoms. The minimum absolute atomic E-state index is 0.0795. The Hall–Kier alpha value is -2.21. The normalized spacial score (nSPS) is 17.6. The third kappa shape index (κ3) is 2.55. The zero-order valence-electron chi connectivity index (χ0n) is 11.3. The lowest BCUT2D eigenvalue weighted by molar-refractivity contribution is -0.133. The van der Waals surface area contributed by atoms with Gasteiger partial charge in [0.1, 0.15) is 12.2 Å². The number of rotatable bonds is 3. The van der Waals surface area contributed by atoms with Crippen LogP contribution in [0.2, 0.25) is 0 Å². The van der Waals surface area contributed by atoms with Crippen molar-refractivity contribution in [1.82, 2.24) is 25.4 Å². The Bertz CT molecular complexity index is 595. The lowest BCUT2D eigenvalue weighted by atomic mass is 9.95. The van der Waals surface area contributed by atoms with Crippen LogP contribution in [0.15, 0.2) is 30.6 Å². The molecule has 6 heteroatoms. The van der Waals surface area contributed by atoms with Crippen molar-refractivity contribution in [3.05, 3.63) is 47.5 Å². The fraction of sp³-hybridized carbons (Fsp3) is 0.357. The Balaban J connectivity index is 1.66. The van der Waals surface area contributed by atoms with Crippen LogP contribution in [-0.4, -0.2) is 39.1 Å². The lowest BCUT2D eigenvalue weighted by Gasteiger charge is -2.28. The number of carbonyl (C=O) groups is 1. The highest BCUT2D eigenvalue weighted by molar-refractivity contribution is 5.82. The van der Waals surface area contributed by atoms with Crippen LogP contribution in [0.5, 0.6) is 0 Å². The highest BCUT2D eigenvalue weighted by Gasteiger charge is 2.26. The molecule has 1 aliphatic rings. The van der Waals surface area contributed by atoms with Gasteiger partial charge in [-0.2, -0.15) is 5.10 Å². The number of benzene rings is 1. The van der Waals surface area contributed by atoms with Crippen LogP contribution in [-0.2, 0) is 24.3 Å². The first-order valence-electron chi connectivity index (χ1n) is 6.63. The van der Waals surface area contributed by atoms with Gasteiger partial charge in [0.15, 0.2) is 0 Å². The van der Waals surface area contributed by atoms with E-state index in [4.69, 9.17) is 0 Å². The number of hydrogen-bond acceptors (Lipinski definition) is 4. The van der Waals surface area contributed by atoms with Crippen LogP contribution < -0.4 is 5.32 Å². The molecule has 1 aromatic heterocycles. The molecular formula is C14H17N5O. The molecule has 6 nitrogen and oxygen atoms in total. The second kappa shape index (κ2) is 5.42. The van der Waals surface area contributed by atoms with Crippen molar-refractivity contribution in [2.75, 3.05) is 7.05 Å². The summed E-state index contributed by atoms with van der Waals surface area (Å²) < 4.78 is 0. The second-order valence-electron chi connectivity index (χ2n) is 5.03. The van der Waals surface area contributed by atoms with E-state index in [1.807, 2.05) is 12.1 Å². The van der Waals surface area contributed by atoms with Crippen LogP contribution in [0.3, 0.4) is 0 Å². The first kappa shape index (κ1) is 12.8. The van der Waals surface area contributed by atoms with Gasteiger partial charge in [0, 0.05) is 13.6 Å². The maximum Gasteiger partial charge on any atom is 0.240 e. The summed E-state index contributed by atoms with van der Waals surface area (Å²) in [4.78, 5) is 18.1.